The number of ether oxygens (including phenoxy) is 1. The Morgan fingerprint density at radius 2 is 2.12 bits per heavy atom. The molecule has 0 saturated heterocycles. The van der Waals surface area contributed by atoms with Crippen LogP contribution in [0.2, 0.25) is 5.02 Å². The molecule has 0 aliphatic rings. The summed E-state index contributed by atoms with van der Waals surface area (Å²) in [7, 11) is 3.82. The van der Waals surface area contributed by atoms with Crippen LogP contribution in [0.3, 0.4) is 0 Å². The van der Waals surface area contributed by atoms with Crippen LogP contribution < -0.4 is 5.32 Å². The summed E-state index contributed by atoms with van der Waals surface area (Å²) in [5, 5.41) is 3.06. The molecule has 0 fully saturated rings. The average Bonchev–Trinajstić information content (AvgIpc) is 2.21. The number of para-hydroxylation sites is 1. The summed E-state index contributed by atoms with van der Waals surface area (Å²) in [5.41, 5.74) is 0.555. The molecule has 88 valence electrons. The van der Waals surface area contributed by atoms with Crippen LogP contribution in [0.15, 0.2) is 24.3 Å². The van der Waals surface area contributed by atoms with Gasteiger partial charge in [0.1, 0.15) is 6.61 Å². The first kappa shape index (κ1) is 12.8. The zero-order valence-electron chi connectivity index (χ0n) is 9.37. The minimum Gasteiger partial charge on any atom is -0.448 e. The fraction of sp³-hybridized carbons (Fsp3) is 0.364. The van der Waals surface area contributed by atoms with Crippen molar-refractivity contribution in [2.24, 2.45) is 0 Å². The number of anilines is 1. The number of hydrogen-bond donors (Lipinski definition) is 1. The van der Waals surface area contributed by atoms with Crippen LogP contribution in [-0.4, -0.2) is 38.2 Å². The Hall–Kier alpha value is -1.26. The number of hydrogen-bond acceptors (Lipinski definition) is 3. The highest BCUT2D eigenvalue weighted by atomic mass is 35.5. The van der Waals surface area contributed by atoms with Gasteiger partial charge in [0, 0.05) is 6.54 Å². The largest absolute Gasteiger partial charge is 0.448 e. The van der Waals surface area contributed by atoms with E-state index < -0.39 is 6.09 Å². The zero-order chi connectivity index (χ0) is 12.0. The van der Waals surface area contributed by atoms with Crippen LogP contribution in [-0.2, 0) is 4.74 Å². The van der Waals surface area contributed by atoms with E-state index in [1.165, 1.54) is 0 Å². The monoisotopic (exact) mass is 242 g/mol. The molecule has 0 heterocycles. The number of rotatable bonds is 4. The molecule has 5 heteroatoms. The van der Waals surface area contributed by atoms with Crippen molar-refractivity contribution < 1.29 is 9.53 Å². The van der Waals surface area contributed by atoms with E-state index in [9.17, 15) is 4.79 Å². The van der Waals surface area contributed by atoms with Gasteiger partial charge in [0.25, 0.3) is 0 Å². The van der Waals surface area contributed by atoms with E-state index >= 15 is 0 Å². The Morgan fingerprint density at radius 3 is 2.75 bits per heavy atom. The first-order chi connectivity index (χ1) is 7.59. The van der Waals surface area contributed by atoms with E-state index in [1.54, 1.807) is 24.3 Å². The van der Waals surface area contributed by atoms with Gasteiger partial charge < -0.3 is 9.64 Å². The molecule has 0 aliphatic heterocycles. The van der Waals surface area contributed by atoms with E-state index in [0.29, 0.717) is 23.9 Å². The number of benzene rings is 1. The molecule has 0 unspecified atom stereocenters. The standard InChI is InChI=1S/C11H15ClN2O2/c1-14(2)7-8-16-11(15)13-10-6-4-3-5-9(10)12/h3-6H,7-8H2,1-2H3,(H,13,15). The highest BCUT2D eigenvalue weighted by Crippen LogP contribution is 2.20. The molecule has 0 saturated carbocycles. The lowest BCUT2D eigenvalue weighted by Crippen LogP contribution is -2.22. The average molecular weight is 243 g/mol. The third-order valence-corrected chi connectivity index (χ3v) is 2.21. The summed E-state index contributed by atoms with van der Waals surface area (Å²) in [4.78, 5) is 13.3. The maximum atomic E-state index is 11.3. The number of amides is 1. The summed E-state index contributed by atoms with van der Waals surface area (Å²) >= 11 is 5.87. The molecule has 0 bridgehead atoms. The van der Waals surface area contributed by atoms with Crippen LogP contribution >= 0.6 is 11.6 Å². The molecular formula is C11H15ClN2O2. The predicted octanol–water partition coefficient (Wildman–Crippen LogP) is 2.45. The molecule has 16 heavy (non-hydrogen) atoms. The van der Waals surface area contributed by atoms with Gasteiger partial charge in [-0.2, -0.15) is 0 Å². The molecule has 4 nitrogen and oxygen atoms in total. The first-order valence-electron chi connectivity index (χ1n) is 4.92. The lowest BCUT2D eigenvalue weighted by atomic mass is 10.3. The second-order valence-corrected chi connectivity index (χ2v) is 3.95. The van der Waals surface area contributed by atoms with Crippen LogP contribution in [0.1, 0.15) is 0 Å². The molecule has 0 aromatic heterocycles. The fourth-order valence-corrected chi connectivity index (χ4v) is 1.21. The Kier molecular flexibility index (Phi) is 5.08. The predicted molar refractivity (Wildman–Crippen MR) is 65.0 cm³/mol. The van der Waals surface area contributed by atoms with Crippen molar-refractivity contribution in [2.75, 3.05) is 32.6 Å². The summed E-state index contributed by atoms with van der Waals surface area (Å²) < 4.78 is 4.96. The number of nitrogens with zero attached hydrogens (tertiary/aromatic N) is 1. The minimum atomic E-state index is -0.491. The lowest BCUT2D eigenvalue weighted by molar-refractivity contribution is 0.151. The van der Waals surface area contributed by atoms with Gasteiger partial charge in [0.05, 0.1) is 10.7 Å². The van der Waals surface area contributed by atoms with E-state index in [1.807, 2.05) is 19.0 Å². The Bertz CT molecular complexity index is 356. The van der Waals surface area contributed by atoms with Crippen LogP contribution in [0.4, 0.5) is 10.5 Å². The van der Waals surface area contributed by atoms with E-state index in [-0.39, 0.29) is 0 Å². The van der Waals surface area contributed by atoms with Gasteiger partial charge >= 0.3 is 6.09 Å². The molecular weight excluding hydrogens is 228 g/mol. The summed E-state index contributed by atoms with van der Waals surface area (Å²) in [5.74, 6) is 0. The van der Waals surface area contributed by atoms with Crippen LogP contribution in [0, 0.1) is 0 Å². The van der Waals surface area contributed by atoms with Gasteiger partial charge in [-0.1, -0.05) is 23.7 Å². The molecule has 1 rings (SSSR count). The number of likely N-dealkylation sites (N-methyl/N-ethyl adjacent to an activating group) is 1. The highest BCUT2D eigenvalue weighted by molar-refractivity contribution is 6.33. The second kappa shape index (κ2) is 6.35. The van der Waals surface area contributed by atoms with E-state index in [0.717, 1.165) is 0 Å². The Labute approximate surface area is 100 Å². The maximum absolute atomic E-state index is 11.3. The molecule has 1 aromatic carbocycles. The van der Waals surface area contributed by atoms with Crippen LogP contribution in [0.5, 0.6) is 0 Å². The van der Waals surface area contributed by atoms with Gasteiger partial charge in [-0.15, -0.1) is 0 Å². The van der Waals surface area contributed by atoms with Crippen molar-refractivity contribution in [2.45, 2.75) is 0 Å². The Morgan fingerprint density at radius 1 is 1.44 bits per heavy atom. The Balaban J connectivity index is 2.37. The number of nitrogens with one attached hydrogen (secondary N) is 1. The topological polar surface area (TPSA) is 41.6 Å². The molecule has 0 spiro atoms. The van der Waals surface area contributed by atoms with E-state index in [2.05, 4.69) is 5.32 Å². The number of carbonyl (C=O) groups excluding carboxylic acids is 1. The van der Waals surface area contributed by atoms with Crippen molar-refractivity contribution in [1.82, 2.24) is 4.90 Å². The van der Waals surface area contributed by atoms with Gasteiger partial charge in [0.15, 0.2) is 0 Å². The summed E-state index contributed by atoms with van der Waals surface area (Å²) in [6, 6.07) is 7.01. The zero-order valence-corrected chi connectivity index (χ0v) is 10.1. The molecule has 1 aromatic rings. The second-order valence-electron chi connectivity index (χ2n) is 3.54. The third kappa shape index (κ3) is 4.51. The number of carbonyl (C=O) groups is 1. The molecule has 0 atom stereocenters. The minimum absolute atomic E-state index is 0.350. The van der Waals surface area contributed by atoms with Crippen LogP contribution in [0.25, 0.3) is 0 Å². The van der Waals surface area contributed by atoms with Crippen molar-refractivity contribution >= 4 is 23.4 Å². The van der Waals surface area contributed by atoms with E-state index in [4.69, 9.17) is 16.3 Å². The normalized spacial score (nSPS) is 10.2. The highest BCUT2D eigenvalue weighted by Gasteiger charge is 2.05. The molecule has 1 amide bonds. The number of halogens is 1. The van der Waals surface area contributed by atoms with Crippen molar-refractivity contribution in [3.8, 4) is 0 Å². The van der Waals surface area contributed by atoms with Gasteiger partial charge in [-0.25, -0.2) is 4.79 Å². The lowest BCUT2D eigenvalue weighted by Gasteiger charge is -2.11. The maximum Gasteiger partial charge on any atom is 0.411 e. The van der Waals surface area contributed by atoms with Gasteiger partial charge in [-0.05, 0) is 26.2 Å². The molecule has 0 aliphatic carbocycles. The summed E-state index contributed by atoms with van der Waals surface area (Å²) in [6.45, 7) is 1.04. The van der Waals surface area contributed by atoms with Gasteiger partial charge in [0.2, 0.25) is 0 Å². The fourth-order valence-electron chi connectivity index (χ4n) is 1.03. The first-order valence-corrected chi connectivity index (χ1v) is 5.30. The van der Waals surface area contributed by atoms with Crippen molar-refractivity contribution in [3.05, 3.63) is 29.3 Å². The van der Waals surface area contributed by atoms with Crippen molar-refractivity contribution in [3.63, 3.8) is 0 Å². The smallest absolute Gasteiger partial charge is 0.411 e. The summed E-state index contributed by atoms with van der Waals surface area (Å²) in [6.07, 6.45) is -0.491. The SMILES string of the molecule is CN(C)CCOC(=O)Nc1ccccc1Cl. The van der Waals surface area contributed by atoms with Crippen molar-refractivity contribution in [1.29, 1.82) is 0 Å². The quantitative estimate of drug-likeness (QED) is 0.882. The van der Waals surface area contributed by atoms with Gasteiger partial charge in [-0.3, -0.25) is 5.32 Å². The molecule has 0 radical (unpaired) electrons. The third-order valence-electron chi connectivity index (χ3n) is 1.88. The molecule has 1 N–H and O–H groups in total.